The molecule has 9 heavy (non-hydrogen) atoms. The molecule has 0 radical (unpaired) electrons. The average Bonchev–Trinajstić information content (AvgIpc) is 1.58. The highest BCUT2D eigenvalue weighted by Gasteiger charge is 2.51. The summed E-state index contributed by atoms with van der Waals surface area (Å²) in [7, 11) is 0. The topological polar surface area (TPSA) is 20.2 Å². The zero-order valence-corrected chi connectivity index (χ0v) is 6.89. The molecule has 0 amide bonds. The Kier molecular flexibility index (Phi) is 1.18. The third-order valence-corrected chi connectivity index (χ3v) is 3.29. The monoisotopic (exact) mass is 190 g/mol. The fraction of sp³-hybridized carbons (Fsp3) is 1.00. The van der Waals surface area contributed by atoms with E-state index in [4.69, 9.17) is 5.11 Å². The van der Waals surface area contributed by atoms with E-state index in [1.54, 1.807) is 0 Å². The van der Waals surface area contributed by atoms with Gasteiger partial charge in [0.15, 0.2) is 0 Å². The van der Waals surface area contributed by atoms with Crippen molar-refractivity contribution >= 4 is 15.9 Å². The summed E-state index contributed by atoms with van der Waals surface area (Å²) in [5, 5.41) is 9.02. The number of hydrogen-bond acceptors (Lipinski definition) is 1. The fourth-order valence-electron chi connectivity index (χ4n) is 2.15. The first kappa shape index (κ1) is 6.17. The lowest BCUT2D eigenvalue weighted by Gasteiger charge is -2.54. The molecule has 0 aromatic carbocycles. The number of aliphatic hydroxyl groups is 1. The first-order chi connectivity index (χ1) is 4.20. The van der Waals surface area contributed by atoms with E-state index >= 15 is 0 Å². The van der Waals surface area contributed by atoms with Gasteiger partial charge in [0, 0.05) is 4.83 Å². The molecule has 2 heteroatoms. The van der Waals surface area contributed by atoms with Crippen LogP contribution in [0.15, 0.2) is 0 Å². The van der Waals surface area contributed by atoms with Gasteiger partial charge in [0.2, 0.25) is 0 Å². The van der Waals surface area contributed by atoms with Crippen molar-refractivity contribution in [1.29, 1.82) is 0 Å². The Hall–Kier alpha value is 0.440. The third-order valence-electron chi connectivity index (χ3n) is 2.65. The zero-order chi connectivity index (χ0) is 6.48. The predicted octanol–water partition coefficient (Wildman–Crippen LogP) is 1.68. The van der Waals surface area contributed by atoms with Gasteiger partial charge in [0.1, 0.15) is 0 Å². The van der Waals surface area contributed by atoms with Crippen LogP contribution in [0.5, 0.6) is 0 Å². The molecule has 0 atom stereocenters. The molecule has 0 heterocycles. The Labute approximate surface area is 63.6 Å². The molecule has 2 fully saturated rings. The van der Waals surface area contributed by atoms with Crippen molar-refractivity contribution in [3.8, 4) is 0 Å². The highest BCUT2D eigenvalue weighted by atomic mass is 79.9. The molecule has 2 rings (SSSR count). The van der Waals surface area contributed by atoms with Gasteiger partial charge in [-0.05, 0) is 31.1 Å². The lowest BCUT2D eigenvalue weighted by atomic mass is 9.55. The van der Waals surface area contributed by atoms with E-state index in [-0.39, 0.29) is 6.10 Å². The molecule has 0 unspecified atom stereocenters. The number of halogens is 1. The summed E-state index contributed by atoms with van der Waals surface area (Å²) in [6.45, 7) is 0. The normalized spacial score (nSPS) is 56.7. The highest BCUT2D eigenvalue weighted by Crippen LogP contribution is 2.57. The van der Waals surface area contributed by atoms with Gasteiger partial charge in [-0.1, -0.05) is 15.9 Å². The molecule has 1 N–H and O–H groups in total. The van der Waals surface area contributed by atoms with E-state index < -0.39 is 0 Å². The maximum atomic E-state index is 9.02. The smallest absolute Gasteiger partial charge is 0.0550 e. The van der Waals surface area contributed by atoms with Gasteiger partial charge in [-0.25, -0.2) is 0 Å². The average molecular weight is 191 g/mol. The summed E-state index contributed by atoms with van der Waals surface area (Å²) < 4.78 is 0. The number of alkyl halides is 1. The predicted molar refractivity (Wildman–Crippen MR) is 39.6 cm³/mol. The van der Waals surface area contributed by atoms with Crippen molar-refractivity contribution in [2.45, 2.75) is 36.6 Å². The maximum Gasteiger partial charge on any atom is 0.0550 e. The fourth-order valence-corrected chi connectivity index (χ4v) is 3.53. The van der Waals surface area contributed by atoms with Gasteiger partial charge >= 0.3 is 0 Å². The molecular weight excluding hydrogens is 180 g/mol. The van der Waals surface area contributed by atoms with Gasteiger partial charge in [-0.2, -0.15) is 0 Å². The lowest BCUT2D eigenvalue weighted by molar-refractivity contribution is -0.0764. The van der Waals surface area contributed by atoms with Crippen LogP contribution >= 0.6 is 15.9 Å². The van der Waals surface area contributed by atoms with Crippen LogP contribution in [0, 0.1) is 5.41 Å². The van der Waals surface area contributed by atoms with Crippen molar-refractivity contribution in [2.75, 3.05) is 0 Å². The van der Waals surface area contributed by atoms with Crippen LogP contribution in [-0.4, -0.2) is 16.0 Å². The van der Waals surface area contributed by atoms with Gasteiger partial charge in [0.05, 0.1) is 6.10 Å². The maximum absolute atomic E-state index is 9.02. The largest absolute Gasteiger partial charge is 0.393 e. The van der Waals surface area contributed by atoms with Crippen LogP contribution in [0.1, 0.15) is 25.7 Å². The number of rotatable bonds is 0. The molecule has 0 aromatic heterocycles. The van der Waals surface area contributed by atoms with E-state index in [9.17, 15) is 0 Å². The molecule has 52 valence electrons. The Morgan fingerprint density at radius 3 is 2.11 bits per heavy atom. The van der Waals surface area contributed by atoms with E-state index in [2.05, 4.69) is 15.9 Å². The van der Waals surface area contributed by atoms with E-state index in [0.29, 0.717) is 5.41 Å². The van der Waals surface area contributed by atoms with E-state index in [1.165, 1.54) is 12.8 Å². The summed E-state index contributed by atoms with van der Waals surface area (Å²) in [5.41, 5.74) is 0.591. The van der Waals surface area contributed by atoms with Crippen LogP contribution < -0.4 is 0 Å². The Morgan fingerprint density at radius 2 is 1.78 bits per heavy atom. The quantitative estimate of drug-likeness (QED) is 0.577. The molecule has 0 saturated heterocycles. The van der Waals surface area contributed by atoms with Crippen molar-refractivity contribution < 1.29 is 5.11 Å². The zero-order valence-electron chi connectivity index (χ0n) is 5.31. The molecular formula is C7H11BrO. The minimum Gasteiger partial charge on any atom is -0.393 e. The molecule has 2 saturated carbocycles. The Morgan fingerprint density at radius 1 is 1.22 bits per heavy atom. The van der Waals surface area contributed by atoms with Crippen LogP contribution in [0.4, 0.5) is 0 Å². The van der Waals surface area contributed by atoms with Crippen molar-refractivity contribution in [2.24, 2.45) is 5.41 Å². The van der Waals surface area contributed by atoms with Gasteiger partial charge in [0.25, 0.3) is 0 Å². The summed E-state index contributed by atoms with van der Waals surface area (Å²) >= 11 is 3.55. The molecule has 0 aromatic rings. The molecule has 2 aliphatic rings. The summed E-state index contributed by atoms with van der Waals surface area (Å²) in [6.07, 6.45) is 4.75. The SMILES string of the molecule is OC1CC2(C1)CC(Br)C2. The van der Waals surface area contributed by atoms with E-state index in [1.807, 2.05) is 0 Å². The molecule has 0 bridgehead atoms. The molecule has 0 aliphatic heterocycles. The van der Waals surface area contributed by atoms with Crippen molar-refractivity contribution in [1.82, 2.24) is 0 Å². The molecule has 1 nitrogen and oxygen atoms in total. The Bertz CT molecular complexity index is 103. The third kappa shape index (κ3) is 0.838. The van der Waals surface area contributed by atoms with Gasteiger partial charge in [-0.15, -0.1) is 0 Å². The second-order valence-electron chi connectivity index (χ2n) is 3.57. The van der Waals surface area contributed by atoms with Gasteiger partial charge in [-0.3, -0.25) is 0 Å². The van der Waals surface area contributed by atoms with Crippen LogP contribution in [0.3, 0.4) is 0 Å². The second kappa shape index (κ2) is 1.73. The summed E-state index contributed by atoms with van der Waals surface area (Å²) in [4.78, 5) is 0.755. The van der Waals surface area contributed by atoms with Crippen LogP contribution in [0.25, 0.3) is 0 Å². The van der Waals surface area contributed by atoms with Gasteiger partial charge < -0.3 is 5.11 Å². The standard InChI is InChI=1S/C7H11BrO/c8-5-1-7(2-5)3-6(9)4-7/h5-6,9H,1-4H2. The number of hydrogen-bond donors (Lipinski definition) is 1. The van der Waals surface area contributed by atoms with Crippen molar-refractivity contribution in [3.05, 3.63) is 0 Å². The second-order valence-corrected chi connectivity index (χ2v) is 4.86. The minimum absolute atomic E-state index is 0.0324. The van der Waals surface area contributed by atoms with Crippen molar-refractivity contribution in [3.63, 3.8) is 0 Å². The minimum atomic E-state index is 0.0324. The van der Waals surface area contributed by atoms with E-state index in [0.717, 1.165) is 17.7 Å². The first-order valence-electron chi connectivity index (χ1n) is 3.52. The molecule has 2 aliphatic carbocycles. The number of aliphatic hydroxyl groups excluding tert-OH is 1. The summed E-state index contributed by atoms with van der Waals surface area (Å²) in [5.74, 6) is 0. The Balaban J connectivity index is 1.87. The van der Waals surface area contributed by atoms with Crippen LogP contribution in [-0.2, 0) is 0 Å². The molecule has 1 spiro atoms. The lowest BCUT2D eigenvalue weighted by Crippen LogP contribution is -2.50. The highest BCUT2D eigenvalue weighted by molar-refractivity contribution is 9.09. The first-order valence-corrected chi connectivity index (χ1v) is 4.44. The van der Waals surface area contributed by atoms with Crippen LogP contribution in [0.2, 0.25) is 0 Å². The summed E-state index contributed by atoms with van der Waals surface area (Å²) in [6, 6.07) is 0.